The Morgan fingerprint density at radius 2 is 1.13 bits per heavy atom. The minimum Gasteiger partial charge on any atom is -0.481 e. The Morgan fingerprint density at radius 1 is 0.582 bits per heavy atom. The lowest BCUT2D eigenvalue weighted by Crippen LogP contribution is -2.40. The van der Waals surface area contributed by atoms with Crippen LogP contribution < -0.4 is 16.4 Å². The molecular formula is C41H73N3O11. The Kier molecular flexibility index (Phi) is 33.1. The first-order valence-electron chi connectivity index (χ1n) is 20.8. The number of amides is 2. The highest BCUT2D eigenvalue weighted by Crippen LogP contribution is 2.17. The maximum Gasteiger partial charge on any atom is 0.306 e. The lowest BCUT2D eigenvalue weighted by atomic mass is 9.94. The normalized spacial score (nSPS) is 12.8. The van der Waals surface area contributed by atoms with Gasteiger partial charge in [-0.2, -0.15) is 0 Å². The highest BCUT2D eigenvalue weighted by molar-refractivity contribution is 5.84. The standard InChI is InChI=1S/C41H73N3O11/c1-32(33(2)45)18-16-17-25-44-40(51)37(42)21-14-11-13-20-36(47)31-55-29-28-54-27-26-43-38(48)24-23-34(41(52)53)30-35(46)19-12-9-7-5-3-4-6-8-10-15-22-39(49)50/h32,34,37H,3-31,42H2,1-2H3,(H,43,48)(H,44,51)(H,49,50)(H,52,53)/t32-,34+,37-/m0/s1. The fourth-order valence-corrected chi connectivity index (χ4v) is 5.95. The molecule has 0 aromatic carbocycles. The van der Waals surface area contributed by atoms with Crippen molar-refractivity contribution in [2.24, 2.45) is 17.6 Å². The molecule has 0 heterocycles. The average molecular weight is 784 g/mol. The van der Waals surface area contributed by atoms with Gasteiger partial charge in [0.15, 0.2) is 5.78 Å². The van der Waals surface area contributed by atoms with Gasteiger partial charge < -0.3 is 36.1 Å². The van der Waals surface area contributed by atoms with E-state index in [1.54, 1.807) is 6.92 Å². The van der Waals surface area contributed by atoms with Gasteiger partial charge >= 0.3 is 11.9 Å². The molecule has 55 heavy (non-hydrogen) atoms. The van der Waals surface area contributed by atoms with E-state index in [1.807, 2.05) is 6.92 Å². The molecule has 0 aliphatic rings. The molecule has 318 valence electrons. The number of hydrogen-bond acceptors (Lipinski definition) is 10. The first-order valence-corrected chi connectivity index (χ1v) is 20.8. The van der Waals surface area contributed by atoms with Crippen molar-refractivity contribution < 1.29 is 53.2 Å². The molecule has 0 rings (SSSR count). The van der Waals surface area contributed by atoms with Gasteiger partial charge in [-0.15, -0.1) is 0 Å². The molecule has 0 unspecified atom stereocenters. The number of aliphatic carboxylic acids is 2. The summed E-state index contributed by atoms with van der Waals surface area (Å²) in [5, 5.41) is 23.7. The van der Waals surface area contributed by atoms with E-state index in [4.69, 9.17) is 20.3 Å². The third-order valence-corrected chi connectivity index (χ3v) is 9.71. The largest absolute Gasteiger partial charge is 0.481 e. The number of Topliss-reactive ketones (excluding diaryl/α,β-unsaturated/α-hetero) is 3. The van der Waals surface area contributed by atoms with Crippen molar-refractivity contribution in [1.29, 1.82) is 0 Å². The number of rotatable bonds is 40. The molecule has 0 bridgehead atoms. The van der Waals surface area contributed by atoms with Crippen molar-refractivity contribution in [3.63, 3.8) is 0 Å². The van der Waals surface area contributed by atoms with Crippen LogP contribution in [-0.2, 0) is 43.0 Å². The van der Waals surface area contributed by atoms with E-state index in [0.29, 0.717) is 32.2 Å². The quantitative estimate of drug-likeness (QED) is 0.0472. The summed E-state index contributed by atoms with van der Waals surface area (Å²) in [5.41, 5.74) is 5.98. The van der Waals surface area contributed by atoms with Gasteiger partial charge in [0, 0.05) is 51.1 Å². The number of nitrogens with two attached hydrogens (primary N) is 1. The summed E-state index contributed by atoms with van der Waals surface area (Å²) in [5.74, 6) is -3.07. The minimum absolute atomic E-state index is 0.00142. The van der Waals surface area contributed by atoms with Gasteiger partial charge in [-0.05, 0) is 51.9 Å². The summed E-state index contributed by atoms with van der Waals surface area (Å²) in [7, 11) is 0. The lowest BCUT2D eigenvalue weighted by molar-refractivity contribution is -0.144. The van der Waals surface area contributed by atoms with Gasteiger partial charge in [0.1, 0.15) is 18.2 Å². The zero-order chi connectivity index (χ0) is 41.1. The molecule has 0 aliphatic carbocycles. The number of carbonyl (C=O) groups is 7. The second-order valence-electron chi connectivity index (χ2n) is 14.8. The van der Waals surface area contributed by atoms with Gasteiger partial charge in [0.2, 0.25) is 11.8 Å². The number of hydrogen-bond donors (Lipinski definition) is 5. The third kappa shape index (κ3) is 33.8. The summed E-state index contributed by atoms with van der Waals surface area (Å²) >= 11 is 0. The molecule has 0 radical (unpaired) electrons. The third-order valence-electron chi connectivity index (χ3n) is 9.71. The number of ether oxygens (including phenoxy) is 2. The molecule has 14 nitrogen and oxygen atoms in total. The highest BCUT2D eigenvalue weighted by atomic mass is 16.5. The Balaban J connectivity index is 3.76. The van der Waals surface area contributed by atoms with E-state index in [9.17, 15) is 38.7 Å². The number of ketones is 3. The summed E-state index contributed by atoms with van der Waals surface area (Å²) in [6.07, 6.45) is 16.1. The van der Waals surface area contributed by atoms with Crippen molar-refractivity contribution in [3.8, 4) is 0 Å². The van der Waals surface area contributed by atoms with E-state index in [2.05, 4.69) is 10.6 Å². The summed E-state index contributed by atoms with van der Waals surface area (Å²) < 4.78 is 10.8. The van der Waals surface area contributed by atoms with Crippen LogP contribution in [0.5, 0.6) is 0 Å². The SMILES string of the molecule is CC(=O)[C@@H](C)CCCCNC(=O)[C@@H](N)CCCCCC(=O)COCCOCCNC(=O)CC[C@H](CC(=O)CCCCCCCCCCCCC(=O)O)C(=O)O. The van der Waals surface area contributed by atoms with Crippen LogP contribution in [0.2, 0.25) is 0 Å². The van der Waals surface area contributed by atoms with Gasteiger partial charge in [-0.25, -0.2) is 0 Å². The van der Waals surface area contributed by atoms with Crippen LogP contribution in [0, 0.1) is 11.8 Å². The smallest absolute Gasteiger partial charge is 0.306 e. The monoisotopic (exact) mass is 784 g/mol. The predicted octanol–water partition coefficient (Wildman–Crippen LogP) is 5.70. The Labute approximate surface area is 329 Å². The molecular weight excluding hydrogens is 710 g/mol. The molecule has 0 aromatic rings. The second-order valence-corrected chi connectivity index (χ2v) is 14.8. The van der Waals surface area contributed by atoms with Crippen molar-refractivity contribution in [3.05, 3.63) is 0 Å². The second kappa shape index (κ2) is 35.2. The van der Waals surface area contributed by atoms with E-state index in [1.165, 1.54) is 0 Å². The van der Waals surface area contributed by atoms with Gasteiger partial charge in [0.25, 0.3) is 0 Å². The van der Waals surface area contributed by atoms with Crippen LogP contribution in [0.15, 0.2) is 0 Å². The molecule has 0 saturated carbocycles. The molecule has 0 spiro atoms. The average Bonchev–Trinajstić information content (AvgIpc) is 3.13. The fraction of sp³-hybridized carbons (Fsp3) is 0.829. The number of carboxylic acids is 2. The Hall–Kier alpha value is -3.23. The van der Waals surface area contributed by atoms with E-state index in [0.717, 1.165) is 96.3 Å². The van der Waals surface area contributed by atoms with E-state index >= 15 is 0 Å². The topological polar surface area (TPSA) is 228 Å². The summed E-state index contributed by atoms with van der Waals surface area (Å²) in [4.78, 5) is 82.2. The molecule has 2 amide bonds. The van der Waals surface area contributed by atoms with Crippen molar-refractivity contribution in [2.45, 2.75) is 168 Å². The van der Waals surface area contributed by atoms with Gasteiger partial charge in [0.05, 0.1) is 31.8 Å². The fourth-order valence-electron chi connectivity index (χ4n) is 5.95. The van der Waals surface area contributed by atoms with Crippen LogP contribution in [0.25, 0.3) is 0 Å². The first kappa shape index (κ1) is 51.8. The molecule has 6 N–H and O–H groups in total. The summed E-state index contributed by atoms with van der Waals surface area (Å²) in [6.45, 7) is 4.99. The molecule has 0 saturated heterocycles. The molecule has 0 fully saturated rings. The number of unbranched alkanes of at least 4 members (excludes halogenated alkanes) is 12. The number of carbonyl (C=O) groups excluding carboxylic acids is 5. The van der Waals surface area contributed by atoms with Gasteiger partial charge in [-0.1, -0.05) is 77.6 Å². The van der Waals surface area contributed by atoms with E-state index < -0.39 is 23.9 Å². The molecule has 0 aromatic heterocycles. The van der Waals surface area contributed by atoms with Crippen LogP contribution in [-0.4, -0.2) is 96.9 Å². The Morgan fingerprint density at radius 3 is 1.73 bits per heavy atom. The summed E-state index contributed by atoms with van der Waals surface area (Å²) in [6, 6.07) is -0.579. The van der Waals surface area contributed by atoms with Crippen LogP contribution in [0.1, 0.15) is 162 Å². The number of carboxylic acid groups (broad SMARTS) is 2. The molecule has 0 aliphatic heterocycles. The van der Waals surface area contributed by atoms with Crippen molar-refractivity contribution >= 4 is 41.1 Å². The number of nitrogens with one attached hydrogen (secondary N) is 2. The van der Waals surface area contributed by atoms with Crippen LogP contribution in [0.4, 0.5) is 0 Å². The first-order chi connectivity index (χ1) is 26.3. The highest BCUT2D eigenvalue weighted by Gasteiger charge is 2.22. The zero-order valence-electron chi connectivity index (χ0n) is 33.9. The zero-order valence-corrected chi connectivity index (χ0v) is 33.9. The van der Waals surface area contributed by atoms with Crippen LogP contribution in [0.3, 0.4) is 0 Å². The van der Waals surface area contributed by atoms with Crippen LogP contribution >= 0.6 is 0 Å². The molecule has 3 atom stereocenters. The minimum atomic E-state index is -1.08. The lowest BCUT2D eigenvalue weighted by Gasteiger charge is -2.12. The molecule has 14 heteroatoms. The van der Waals surface area contributed by atoms with Crippen molar-refractivity contribution in [1.82, 2.24) is 10.6 Å². The maximum absolute atomic E-state index is 12.4. The van der Waals surface area contributed by atoms with Gasteiger partial charge in [-0.3, -0.25) is 33.6 Å². The van der Waals surface area contributed by atoms with Crippen molar-refractivity contribution in [2.75, 3.05) is 39.5 Å². The predicted molar refractivity (Wildman–Crippen MR) is 210 cm³/mol. The Bertz CT molecular complexity index is 1100. The maximum atomic E-state index is 12.4. The van der Waals surface area contributed by atoms with E-state index in [-0.39, 0.29) is 93.7 Å².